The molecule has 13 heteroatoms. The number of aromatic nitrogens is 2. The summed E-state index contributed by atoms with van der Waals surface area (Å²) >= 11 is 7.06. The fourth-order valence-electron chi connectivity index (χ4n) is 2.87. The third-order valence-corrected chi connectivity index (χ3v) is 7.77. The molecule has 0 radical (unpaired) electrons. The fraction of sp³-hybridized carbons (Fsp3) is 0.471. The minimum absolute atomic E-state index is 0.0626. The van der Waals surface area contributed by atoms with Crippen molar-refractivity contribution in [3.05, 3.63) is 34.6 Å². The summed E-state index contributed by atoms with van der Waals surface area (Å²) in [7, 11) is -3.82. The van der Waals surface area contributed by atoms with Crippen LogP contribution in [0, 0.1) is 16.9 Å². The third-order valence-electron chi connectivity index (χ3n) is 4.53. The van der Waals surface area contributed by atoms with E-state index in [0.717, 1.165) is 29.8 Å². The standard InChI is InChI=1S/C17H17ClF3N3O4S2/c1-2-24(13(25)3-4-30(27,28)9-11-6-17(11,20)21)16-14(18)22-15(29-16)10-5-12(19)8-23(26)7-10/h5,7-8,11H,2-4,6,9H2,1H3. The van der Waals surface area contributed by atoms with E-state index in [1.165, 1.54) is 4.90 Å². The van der Waals surface area contributed by atoms with E-state index in [4.69, 9.17) is 11.6 Å². The van der Waals surface area contributed by atoms with Crippen molar-refractivity contribution >= 4 is 43.7 Å². The maximum Gasteiger partial charge on any atom is 0.252 e. The van der Waals surface area contributed by atoms with Gasteiger partial charge in [0.15, 0.2) is 27.0 Å². The summed E-state index contributed by atoms with van der Waals surface area (Å²) in [6.07, 6.45) is 0.975. The van der Waals surface area contributed by atoms with Gasteiger partial charge in [-0.2, -0.15) is 4.73 Å². The molecule has 0 N–H and O–H groups in total. The molecule has 30 heavy (non-hydrogen) atoms. The van der Waals surface area contributed by atoms with Gasteiger partial charge in [-0.05, 0) is 13.0 Å². The van der Waals surface area contributed by atoms with Crippen molar-refractivity contribution in [1.29, 1.82) is 0 Å². The van der Waals surface area contributed by atoms with Crippen LogP contribution in [0.15, 0.2) is 18.5 Å². The number of carbonyl (C=O) groups excluding carboxylic acids is 1. The van der Waals surface area contributed by atoms with E-state index >= 15 is 0 Å². The lowest BCUT2D eigenvalue weighted by molar-refractivity contribution is -0.606. The first kappa shape index (κ1) is 22.8. The highest BCUT2D eigenvalue weighted by Gasteiger charge is 2.58. The molecule has 0 spiro atoms. The molecule has 1 saturated carbocycles. The molecule has 1 unspecified atom stereocenters. The first-order valence-electron chi connectivity index (χ1n) is 8.86. The number of anilines is 1. The second-order valence-corrected chi connectivity index (χ2v) is 10.4. The maximum atomic E-state index is 13.5. The Bertz CT molecular complexity index is 1060. The smallest absolute Gasteiger partial charge is 0.252 e. The Kier molecular flexibility index (Phi) is 6.30. The lowest BCUT2D eigenvalue weighted by Gasteiger charge is -2.19. The second kappa shape index (κ2) is 8.31. The highest BCUT2D eigenvalue weighted by molar-refractivity contribution is 7.91. The zero-order chi connectivity index (χ0) is 22.3. The van der Waals surface area contributed by atoms with Crippen LogP contribution in [0.2, 0.25) is 5.15 Å². The van der Waals surface area contributed by atoms with Crippen LogP contribution in [0.25, 0.3) is 10.6 Å². The Morgan fingerprint density at radius 2 is 2.13 bits per heavy atom. The van der Waals surface area contributed by atoms with Crippen LogP contribution >= 0.6 is 22.9 Å². The van der Waals surface area contributed by atoms with E-state index in [1.807, 2.05) is 0 Å². The van der Waals surface area contributed by atoms with Gasteiger partial charge in [-0.15, -0.1) is 0 Å². The molecule has 7 nitrogen and oxygen atoms in total. The molecule has 0 aromatic carbocycles. The number of sulfone groups is 1. The summed E-state index contributed by atoms with van der Waals surface area (Å²) in [5, 5.41) is 11.8. The van der Waals surface area contributed by atoms with Gasteiger partial charge in [0.1, 0.15) is 10.0 Å². The lowest BCUT2D eigenvalue weighted by atomic mass is 10.3. The largest absolute Gasteiger partial charge is 0.619 e. The van der Waals surface area contributed by atoms with Gasteiger partial charge in [0.2, 0.25) is 12.1 Å². The predicted octanol–water partition coefficient (Wildman–Crippen LogP) is 3.05. The van der Waals surface area contributed by atoms with Crippen LogP contribution in [-0.2, 0) is 14.6 Å². The van der Waals surface area contributed by atoms with Crippen LogP contribution in [0.4, 0.5) is 18.2 Å². The minimum Gasteiger partial charge on any atom is -0.619 e. The van der Waals surface area contributed by atoms with Gasteiger partial charge in [-0.1, -0.05) is 22.9 Å². The maximum absolute atomic E-state index is 13.5. The van der Waals surface area contributed by atoms with Gasteiger partial charge < -0.3 is 10.1 Å². The highest BCUT2D eigenvalue weighted by Crippen LogP contribution is 2.49. The Morgan fingerprint density at radius 1 is 1.47 bits per heavy atom. The number of rotatable bonds is 8. The summed E-state index contributed by atoms with van der Waals surface area (Å²) in [6, 6.07) is 1.09. The van der Waals surface area contributed by atoms with Crippen molar-refractivity contribution in [3.8, 4) is 10.6 Å². The molecular weight excluding hydrogens is 467 g/mol. The number of hydrogen-bond acceptors (Lipinski definition) is 6. The average molecular weight is 484 g/mol. The van der Waals surface area contributed by atoms with Crippen LogP contribution in [0.1, 0.15) is 19.8 Å². The van der Waals surface area contributed by atoms with Gasteiger partial charge in [0.25, 0.3) is 5.92 Å². The normalized spacial score (nSPS) is 17.7. The number of thiazole rings is 1. The van der Waals surface area contributed by atoms with E-state index in [1.54, 1.807) is 6.92 Å². The van der Waals surface area contributed by atoms with Crippen molar-refractivity contribution in [3.63, 3.8) is 0 Å². The first-order valence-corrected chi connectivity index (χ1v) is 11.9. The molecule has 1 atom stereocenters. The minimum atomic E-state index is -3.82. The Balaban J connectivity index is 1.72. The van der Waals surface area contributed by atoms with Crippen molar-refractivity contribution < 1.29 is 31.1 Å². The van der Waals surface area contributed by atoms with E-state index in [0.29, 0.717) is 0 Å². The Hall–Kier alpha value is -1.92. The van der Waals surface area contributed by atoms with Crippen molar-refractivity contribution in [2.45, 2.75) is 25.7 Å². The molecule has 1 amide bonds. The summed E-state index contributed by atoms with van der Waals surface area (Å²) in [5.41, 5.74) is 0.166. The zero-order valence-corrected chi connectivity index (χ0v) is 18.0. The van der Waals surface area contributed by atoms with E-state index in [2.05, 4.69) is 4.98 Å². The Labute approximate surface area is 179 Å². The molecule has 2 aromatic heterocycles. The fourth-order valence-corrected chi connectivity index (χ4v) is 5.87. The average Bonchev–Trinajstić information content (AvgIpc) is 3.03. The number of halogens is 4. The zero-order valence-electron chi connectivity index (χ0n) is 15.6. The number of carbonyl (C=O) groups is 1. The first-order chi connectivity index (χ1) is 13.9. The molecule has 164 valence electrons. The van der Waals surface area contributed by atoms with Crippen molar-refractivity contribution in [2.24, 2.45) is 5.92 Å². The topological polar surface area (TPSA) is 94.3 Å². The molecule has 1 aliphatic carbocycles. The van der Waals surface area contributed by atoms with E-state index < -0.39 is 57.7 Å². The molecule has 0 saturated heterocycles. The SMILES string of the molecule is CCN(C(=O)CCS(=O)(=O)CC1CC1(F)F)c1sc(-c2cc(F)c[n+]([O-])c2)nc1Cl. The van der Waals surface area contributed by atoms with Crippen molar-refractivity contribution in [2.75, 3.05) is 23.0 Å². The quantitative estimate of drug-likeness (QED) is 0.425. The van der Waals surface area contributed by atoms with E-state index in [-0.39, 0.29) is 32.0 Å². The summed E-state index contributed by atoms with van der Waals surface area (Å²) in [6.45, 7) is 1.78. The predicted molar refractivity (Wildman–Crippen MR) is 106 cm³/mol. The van der Waals surface area contributed by atoms with Gasteiger partial charge in [-0.25, -0.2) is 26.6 Å². The molecule has 1 fully saturated rings. The number of amides is 1. The summed E-state index contributed by atoms with van der Waals surface area (Å²) in [4.78, 5) is 17.8. The van der Waals surface area contributed by atoms with Crippen LogP contribution in [0.3, 0.4) is 0 Å². The van der Waals surface area contributed by atoms with Gasteiger partial charge >= 0.3 is 0 Å². The lowest BCUT2D eigenvalue weighted by Crippen LogP contribution is -2.32. The molecule has 0 aliphatic heterocycles. The summed E-state index contributed by atoms with van der Waals surface area (Å²) < 4.78 is 63.7. The Morgan fingerprint density at radius 3 is 2.70 bits per heavy atom. The molecule has 3 rings (SSSR count). The van der Waals surface area contributed by atoms with E-state index in [9.17, 15) is 31.6 Å². The van der Waals surface area contributed by atoms with Crippen LogP contribution < -0.4 is 9.63 Å². The van der Waals surface area contributed by atoms with Gasteiger partial charge in [0.05, 0.1) is 17.1 Å². The second-order valence-electron chi connectivity index (χ2n) is 6.88. The van der Waals surface area contributed by atoms with Crippen LogP contribution in [-0.4, -0.2) is 43.3 Å². The number of alkyl halides is 2. The number of pyridine rings is 1. The molecule has 1 aliphatic rings. The number of hydrogen-bond donors (Lipinski definition) is 0. The number of nitrogens with zero attached hydrogens (tertiary/aromatic N) is 3. The molecule has 0 bridgehead atoms. The van der Waals surface area contributed by atoms with Crippen molar-refractivity contribution in [1.82, 2.24) is 4.98 Å². The monoisotopic (exact) mass is 483 g/mol. The third kappa shape index (κ3) is 5.22. The molecule has 2 heterocycles. The van der Waals surface area contributed by atoms with Gasteiger partial charge in [0, 0.05) is 25.3 Å². The van der Waals surface area contributed by atoms with Gasteiger partial charge in [-0.3, -0.25) is 4.79 Å². The molecular formula is C17H17ClF3N3O4S2. The van der Waals surface area contributed by atoms with Crippen LogP contribution in [0.5, 0.6) is 0 Å². The molecule has 2 aromatic rings. The highest BCUT2D eigenvalue weighted by atomic mass is 35.5. The summed E-state index contributed by atoms with van der Waals surface area (Å²) in [5.74, 6) is -6.69.